The molecule has 1 atom stereocenters. The predicted octanol–water partition coefficient (Wildman–Crippen LogP) is 5.12. The van der Waals surface area contributed by atoms with E-state index in [4.69, 9.17) is 14.5 Å². The Kier molecular flexibility index (Phi) is 7.03. The average Bonchev–Trinajstić information content (AvgIpc) is 3.47. The first-order valence-corrected chi connectivity index (χ1v) is 13.4. The summed E-state index contributed by atoms with van der Waals surface area (Å²) in [5.74, 6) is 2.07. The summed E-state index contributed by atoms with van der Waals surface area (Å²) in [7, 11) is 1.56. The third kappa shape index (κ3) is 5.02. The molecule has 42 heavy (non-hydrogen) atoms. The highest BCUT2D eigenvalue weighted by Crippen LogP contribution is 2.38. The van der Waals surface area contributed by atoms with Crippen molar-refractivity contribution in [1.82, 2.24) is 29.8 Å². The van der Waals surface area contributed by atoms with E-state index in [0.29, 0.717) is 64.9 Å². The van der Waals surface area contributed by atoms with Gasteiger partial charge in [0, 0.05) is 43.9 Å². The number of nitrogens with zero attached hydrogens (tertiary/aromatic N) is 6. The highest BCUT2D eigenvalue weighted by atomic mass is 19.1. The number of fused-ring (bicyclic) bond motifs is 2. The molecule has 0 bridgehead atoms. The standard InChI is InChI=1S/C30H29FN8O3/c1-5-27(40)39-9-8-38(14-18(39)3)26-7-6-21-29(37-26)30(35-16-32-21)36-22-10-17(2)24(13-25(22)41-4)42-19-11-20(31)28-23(12-19)33-15-34-28/h5-7,10-13,15-16,18H,1,8-9,14H2,2-4H3,(H,33,34)(H,32,35,36)/t18-/m1/s1. The summed E-state index contributed by atoms with van der Waals surface area (Å²) in [5.41, 5.74) is 3.50. The minimum Gasteiger partial charge on any atom is -0.494 e. The van der Waals surface area contributed by atoms with Crippen molar-refractivity contribution in [3.05, 3.63) is 73.1 Å². The summed E-state index contributed by atoms with van der Waals surface area (Å²) in [6.07, 6.45) is 4.27. The number of amides is 1. The van der Waals surface area contributed by atoms with Crippen LogP contribution in [0.15, 0.2) is 61.7 Å². The number of carbonyl (C=O) groups excluding carboxylic acids is 1. The van der Waals surface area contributed by atoms with Crippen LogP contribution >= 0.6 is 0 Å². The van der Waals surface area contributed by atoms with Gasteiger partial charge in [-0.1, -0.05) is 6.58 Å². The Labute approximate surface area is 241 Å². The number of imidazole rings is 1. The van der Waals surface area contributed by atoms with Crippen LogP contribution in [-0.4, -0.2) is 68.5 Å². The van der Waals surface area contributed by atoms with E-state index < -0.39 is 5.82 Å². The maximum Gasteiger partial charge on any atom is 0.246 e. The van der Waals surface area contributed by atoms with Crippen LogP contribution in [-0.2, 0) is 4.79 Å². The fourth-order valence-electron chi connectivity index (χ4n) is 5.15. The van der Waals surface area contributed by atoms with Crippen molar-refractivity contribution in [2.24, 2.45) is 0 Å². The number of halogens is 1. The van der Waals surface area contributed by atoms with E-state index >= 15 is 0 Å². The first-order valence-electron chi connectivity index (χ1n) is 13.4. The Morgan fingerprint density at radius 1 is 1.14 bits per heavy atom. The summed E-state index contributed by atoms with van der Waals surface area (Å²) in [5, 5.41) is 3.35. The Morgan fingerprint density at radius 3 is 2.79 bits per heavy atom. The molecule has 0 radical (unpaired) electrons. The smallest absolute Gasteiger partial charge is 0.246 e. The topological polar surface area (TPSA) is 121 Å². The molecule has 2 aromatic carbocycles. The number of nitrogens with one attached hydrogen (secondary N) is 2. The van der Waals surface area contributed by atoms with Gasteiger partial charge in [-0.2, -0.15) is 0 Å². The lowest BCUT2D eigenvalue weighted by atomic mass is 10.1. The third-order valence-electron chi connectivity index (χ3n) is 7.30. The lowest BCUT2D eigenvalue weighted by Crippen LogP contribution is -2.53. The number of benzene rings is 2. The Balaban J connectivity index is 1.28. The van der Waals surface area contributed by atoms with Crippen LogP contribution in [0.2, 0.25) is 0 Å². The molecule has 12 heteroatoms. The second-order valence-corrected chi connectivity index (χ2v) is 10.0. The van der Waals surface area contributed by atoms with Crippen LogP contribution in [0.5, 0.6) is 17.2 Å². The number of piperazine rings is 1. The lowest BCUT2D eigenvalue weighted by Gasteiger charge is -2.40. The molecule has 1 saturated heterocycles. The molecule has 0 aliphatic carbocycles. The summed E-state index contributed by atoms with van der Waals surface area (Å²) in [6.45, 7) is 9.37. The van der Waals surface area contributed by atoms with Crippen molar-refractivity contribution in [3.8, 4) is 17.2 Å². The fourth-order valence-corrected chi connectivity index (χ4v) is 5.15. The molecule has 2 N–H and O–H groups in total. The summed E-state index contributed by atoms with van der Waals surface area (Å²) in [6, 6.07) is 10.4. The molecule has 1 amide bonds. The van der Waals surface area contributed by atoms with Crippen LogP contribution < -0.4 is 19.7 Å². The summed E-state index contributed by atoms with van der Waals surface area (Å²) >= 11 is 0. The first kappa shape index (κ1) is 26.9. The first-order chi connectivity index (χ1) is 20.3. The molecule has 214 valence electrons. The van der Waals surface area contributed by atoms with Crippen molar-refractivity contribution in [3.63, 3.8) is 0 Å². The van der Waals surface area contributed by atoms with Gasteiger partial charge in [-0.05, 0) is 43.7 Å². The molecule has 1 aliphatic heterocycles. The zero-order valence-electron chi connectivity index (χ0n) is 23.4. The number of aromatic amines is 1. The van der Waals surface area contributed by atoms with Crippen molar-refractivity contribution in [1.29, 1.82) is 0 Å². The SMILES string of the molecule is C=CC(=O)N1CCN(c2ccc3ncnc(Nc4cc(C)c(Oc5cc(F)c6nc[nH]c6c5)cc4OC)c3n2)C[C@H]1C. The number of aryl methyl sites for hydroxylation is 1. The van der Waals surface area contributed by atoms with Crippen molar-refractivity contribution < 1.29 is 18.7 Å². The number of carbonyl (C=O) groups is 1. The van der Waals surface area contributed by atoms with Gasteiger partial charge in [0.05, 0.1) is 30.2 Å². The van der Waals surface area contributed by atoms with Crippen LogP contribution in [0.3, 0.4) is 0 Å². The molecule has 1 fully saturated rings. The number of anilines is 3. The average molecular weight is 569 g/mol. The number of H-pyrrole nitrogens is 1. The quantitative estimate of drug-likeness (QED) is 0.258. The van der Waals surface area contributed by atoms with Crippen LogP contribution in [0.1, 0.15) is 12.5 Å². The highest BCUT2D eigenvalue weighted by molar-refractivity contribution is 5.89. The number of rotatable bonds is 7. The van der Waals surface area contributed by atoms with Gasteiger partial charge in [0.15, 0.2) is 11.6 Å². The zero-order valence-corrected chi connectivity index (χ0v) is 23.4. The molecular formula is C30H29FN8O3. The van der Waals surface area contributed by atoms with Crippen LogP contribution in [0, 0.1) is 12.7 Å². The Hall–Kier alpha value is -5.26. The van der Waals surface area contributed by atoms with E-state index in [-0.39, 0.29) is 17.5 Å². The van der Waals surface area contributed by atoms with Gasteiger partial charge in [0.25, 0.3) is 0 Å². The maximum absolute atomic E-state index is 14.5. The molecule has 0 saturated carbocycles. The molecular weight excluding hydrogens is 539 g/mol. The largest absolute Gasteiger partial charge is 0.494 e. The molecule has 0 unspecified atom stereocenters. The summed E-state index contributed by atoms with van der Waals surface area (Å²) < 4.78 is 26.2. The maximum atomic E-state index is 14.5. The van der Waals surface area contributed by atoms with Crippen molar-refractivity contribution in [2.75, 3.05) is 37.0 Å². The van der Waals surface area contributed by atoms with E-state index in [2.05, 4.69) is 36.7 Å². The number of aromatic nitrogens is 5. The third-order valence-corrected chi connectivity index (χ3v) is 7.30. The van der Waals surface area contributed by atoms with Gasteiger partial charge in [-0.3, -0.25) is 4.79 Å². The molecule has 5 aromatic rings. The van der Waals surface area contributed by atoms with Gasteiger partial charge in [0.1, 0.15) is 40.4 Å². The summed E-state index contributed by atoms with van der Waals surface area (Å²) in [4.78, 5) is 36.8. The highest BCUT2D eigenvalue weighted by Gasteiger charge is 2.27. The number of methoxy groups -OCH3 is 1. The molecule has 4 heterocycles. The predicted molar refractivity (Wildman–Crippen MR) is 158 cm³/mol. The second kappa shape index (κ2) is 11.0. The number of ether oxygens (including phenoxy) is 2. The minimum absolute atomic E-state index is 0.0113. The molecule has 11 nitrogen and oxygen atoms in total. The van der Waals surface area contributed by atoms with Gasteiger partial charge in [0.2, 0.25) is 5.91 Å². The molecule has 0 spiro atoms. The van der Waals surface area contributed by atoms with E-state index in [9.17, 15) is 9.18 Å². The molecule has 1 aliphatic rings. The van der Waals surface area contributed by atoms with Gasteiger partial charge in [-0.25, -0.2) is 24.3 Å². The van der Waals surface area contributed by atoms with E-state index in [1.165, 1.54) is 24.8 Å². The normalized spacial score (nSPS) is 15.2. The van der Waals surface area contributed by atoms with E-state index in [1.54, 1.807) is 19.2 Å². The minimum atomic E-state index is -0.476. The van der Waals surface area contributed by atoms with Crippen molar-refractivity contribution >= 4 is 45.3 Å². The number of hydrogen-bond donors (Lipinski definition) is 2. The van der Waals surface area contributed by atoms with Crippen LogP contribution in [0.25, 0.3) is 22.1 Å². The fraction of sp³-hybridized carbons (Fsp3) is 0.233. The van der Waals surface area contributed by atoms with Gasteiger partial charge >= 0.3 is 0 Å². The lowest BCUT2D eigenvalue weighted by molar-refractivity contribution is -0.128. The van der Waals surface area contributed by atoms with Gasteiger partial charge < -0.3 is 29.6 Å². The number of pyridine rings is 1. The molecule has 3 aromatic heterocycles. The van der Waals surface area contributed by atoms with Crippen molar-refractivity contribution in [2.45, 2.75) is 19.9 Å². The van der Waals surface area contributed by atoms with Gasteiger partial charge in [-0.15, -0.1) is 0 Å². The number of hydrogen-bond acceptors (Lipinski definition) is 9. The molecule has 6 rings (SSSR count). The van der Waals surface area contributed by atoms with E-state index in [1.807, 2.05) is 36.9 Å². The Morgan fingerprint density at radius 2 is 2.00 bits per heavy atom. The Bertz CT molecular complexity index is 1820. The second-order valence-electron chi connectivity index (χ2n) is 10.0. The monoisotopic (exact) mass is 568 g/mol. The van der Waals surface area contributed by atoms with E-state index in [0.717, 1.165) is 11.4 Å². The zero-order chi connectivity index (χ0) is 29.4. The van der Waals surface area contributed by atoms with Crippen LogP contribution in [0.4, 0.5) is 21.7 Å².